The molecule has 1 rings (SSSR count). The zero-order valence-corrected chi connectivity index (χ0v) is 11.5. The van der Waals surface area contributed by atoms with Crippen molar-refractivity contribution in [1.29, 1.82) is 5.26 Å². The molecule has 0 saturated heterocycles. The van der Waals surface area contributed by atoms with Gasteiger partial charge in [0.25, 0.3) is 10.0 Å². The van der Waals surface area contributed by atoms with Crippen molar-refractivity contribution in [2.45, 2.75) is 17.1 Å². The maximum absolute atomic E-state index is 11.9. The summed E-state index contributed by atoms with van der Waals surface area (Å²) in [7, 11) is -3.91. The van der Waals surface area contributed by atoms with Crippen molar-refractivity contribution in [3.8, 4) is 6.07 Å². The van der Waals surface area contributed by atoms with E-state index in [2.05, 4.69) is 0 Å². The summed E-state index contributed by atoms with van der Waals surface area (Å²) in [6, 6.07) is 7.35. The summed E-state index contributed by atoms with van der Waals surface area (Å²) >= 11 is 1.25. The smallest absolute Gasteiger partial charge is 0.264 e. The van der Waals surface area contributed by atoms with Crippen LogP contribution in [0.4, 0.5) is 0 Å². The van der Waals surface area contributed by atoms with Crippen LogP contribution in [0.15, 0.2) is 29.2 Å². The van der Waals surface area contributed by atoms with Crippen molar-refractivity contribution in [1.82, 2.24) is 4.72 Å². The highest BCUT2D eigenvalue weighted by atomic mass is 32.2. The lowest BCUT2D eigenvalue weighted by molar-refractivity contribution is -0.118. The standard InChI is InChI=1S/C11H12N2O3S2/c1-8(17-2)11(14)13-18(15,16)10-5-3-4-9(6-10)7-12/h3-6,8H,1-2H3,(H,13,14)/t8-/m1/s1. The minimum atomic E-state index is -3.91. The van der Waals surface area contributed by atoms with Gasteiger partial charge in [0.2, 0.25) is 5.91 Å². The molecule has 1 amide bonds. The Morgan fingerprint density at radius 1 is 1.50 bits per heavy atom. The van der Waals surface area contributed by atoms with Gasteiger partial charge in [-0.05, 0) is 31.4 Å². The maximum atomic E-state index is 11.9. The van der Waals surface area contributed by atoms with Gasteiger partial charge in [-0.3, -0.25) is 4.79 Å². The molecule has 5 nitrogen and oxygen atoms in total. The minimum absolute atomic E-state index is 0.0943. The number of nitriles is 1. The predicted octanol–water partition coefficient (Wildman–Crippen LogP) is 1.11. The molecule has 1 N–H and O–H groups in total. The molecule has 0 unspecified atom stereocenters. The van der Waals surface area contributed by atoms with Gasteiger partial charge in [-0.15, -0.1) is 0 Å². The number of hydrogen-bond donors (Lipinski definition) is 1. The van der Waals surface area contributed by atoms with Crippen molar-refractivity contribution in [3.05, 3.63) is 29.8 Å². The molecule has 0 aliphatic heterocycles. The third kappa shape index (κ3) is 3.48. The molecule has 7 heteroatoms. The lowest BCUT2D eigenvalue weighted by atomic mass is 10.2. The van der Waals surface area contributed by atoms with E-state index in [4.69, 9.17) is 5.26 Å². The summed E-state index contributed by atoms with van der Waals surface area (Å²) in [5.74, 6) is -0.579. The molecule has 0 spiro atoms. The second kappa shape index (κ2) is 5.89. The monoisotopic (exact) mass is 284 g/mol. The number of benzene rings is 1. The zero-order valence-electron chi connectivity index (χ0n) is 9.88. The van der Waals surface area contributed by atoms with Crippen LogP contribution in [0, 0.1) is 11.3 Å². The van der Waals surface area contributed by atoms with Gasteiger partial charge >= 0.3 is 0 Å². The van der Waals surface area contributed by atoms with Gasteiger partial charge < -0.3 is 0 Å². The quantitative estimate of drug-likeness (QED) is 0.895. The van der Waals surface area contributed by atoms with Crippen LogP contribution in [0.3, 0.4) is 0 Å². The molecule has 1 atom stereocenters. The molecule has 0 aliphatic carbocycles. The zero-order chi connectivity index (χ0) is 13.8. The minimum Gasteiger partial charge on any atom is -0.273 e. The molecule has 0 bridgehead atoms. The van der Waals surface area contributed by atoms with Crippen molar-refractivity contribution in [3.63, 3.8) is 0 Å². The Bertz CT molecular complexity index is 591. The summed E-state index contributed by atoms with van der Waals surface area (Å²) in [6.45, 7) is 1.61. The molecule has 96 valence electrons. The molecule has 18 heavy (non-hydrogen) atoms. The molecule has 0 aromatic heterocycles. The fourth-order valence-electron chi connectivity index (χ4n) is 1.11. The Kier molecular flexibility index (Phi) is 4.76. The first-order valence-electron chi connectivity index (χ1n) is 5.00. The fraction of sp³-hybridized carbons (Fsp3) is 0.273. The number of amides is 1. The average Bonchev–Trinajstić information content (AvgIpc) is 2.37. The highest BCUT2D eigenvalue weighted by molar-refractivity contribution is 8.00. The van der Waals surface area contributed by atoms with Crippen LogP contribution < -0.4 is 4.72 Å². The first-order chi connectivity index (χ1) is 8.40. The number of carbonyl (C=O) groups excluding carboxylic acids is 1. The predicted molar refractivity (Wildman–Crippen MR) is 69.5 cm³/mol. The second-order valence-corrected chi connectivity index (χ2v) is 6.35. The Morgan fingerprint density at radius 3 is 2.72 bits per heavy atom. The van der Waals surface area contributed by atoms with Crippen molar-refractivity contribution >= 4 is 27.7 Å². The van der Waals surface area contributed by atoms with Gasteiger partial charge in [0.15, 0.2) is 0 Å². The highest BCUT2D eigenvalue weighted by Crippen LogP contribution is 2.12. The molecule has 0 radical (unpaired) electrons. The fourth-order valence-corrected chi connectivity index (χ4v) is 2.56. The number of nitrogens with zero attached hydrogens (tertiary/aromatic N) is 1. The number of hydrogen-bond acceptors (Lipinski definition) is 5. The first kappa shape index (κ1) is 14.5. The van der Waals surface area contributed by atoms with Crippen LogP contribution in [0.25, 0.3) is 0 Å². The maximum Gasteiger partial charge on any atom is 0.264 e. The van der Waals surface area contributed by atoms with Crippen LogP contribution in [-0.4, -0.2) is 25.8 Å². The van der Waals surface area contributed by atoms with Crippen LogP contribution in [0.2, 0.25) is 0 Å². The van der Waals surface area contributed by atoms with E-state index in [-0.39, 0.29) is 10.5 Å². The lowest BCUT2D eigenvalue weighted by Gasteiger charge is -2.10. The van der Waals surface area contributed by atoms with Gasteiger partial charge in [-0.1, -0.05) is 6.07 Å². The number of nitrogens with one attached hydrogen (secondary N) is 1. The molecule has 0 fully saturated rings. The highest BCUT2D eigenvalue weighted by Gasteiger charge is 2.21. The van der Waals surface area contributed by atoms with E-state index in [0.717, 1.165) is 0 Å². The Labute approximate surface area is 110 Å². The van der Waals surface area contributed by atoms with E-state index in [1.165, 1.54) is 36.0 Å². The largest absolute Gasteiger partial charge is 0.273 e. The van der Waals surface area contributed by atoms with Crippen molar-refractivity contribution in [2.24, 2.45) is 0 Å². The van der Waals surface area contributed by atoms with E-state index in [0.29, 0.717) is 0 Å². The molecular weight excluding hydrogens is 272 g/mol. The summed E-state index contributed by atoms with van der Waals surface area (Å²) in [6.07, 6.45) is 1.72. The van der Waals surface area contributed by atoms with E-state index in [1.807, 2.05) is 10.8 Å². The second-order valence-electron chi connectivity index (χ2n) is 3.49. The average molecular weight is 284 g/mol. The summed E-state index contributed by atoms with van der Waals surface area (Å²) in [4.78, 5) is 11.4. The van der Waals surface area contributed by atoms with Gasteiger partial charge in [0, 0.05) is 0 Å². The number of thioether (sulfide) groups is 1. The summed E-state index contributed by atoms with van der Waals surface area (Å²) in [5.41, 5.74) is 0.225. The van der Waals surface area contributed by atoms with Crippen molar-refractivity contribution < 1.29 is 13.2 Å². The topological polar surface area (TPSA) is 87.0 Å². The third-order valence-corrected chi connectivity index (χ3v) is 4.50. The number of rotatable bonds is 4. The van der Waals surface area contributed by atoms with Crippen LogP contribution >= 0.6 is 11.8 Å². The third-order valence-electron chi connectivity index (χ3n) is 2.23. The van der Waals surface area contributed by atoms with Crippen LogP contribution in [-0.2, 0) is 14.8 Å². The van der Waals surface area contributed by atoms with E-state index in [9.17, 15) is 13.2 Å². The van der Waals surface area contributed by atoms with Crippen LogP contribution in [0.5, 0.6) is 0 Å². The summed E-state index contributed by atoms with van der Waals surface area (Å²) < 4.78 is 25.7. The van der Waals surface area contributed by atoms with Gasteiger partial charge in [-0.25, -0.2) is 13.1 Å². The summed E-state index contributed by atoms with van der Waals surface area (Å²) in [5, 5.41) is 8.24. The van der Waals surface area contributed by atoms with Gasteiger partial charge in [-0.2, -0.15) is 17.0 Å². The Hall–Kier alpha value is -1.52. The van der Waals surface area contributed by atoms with Gasteiger partial charge in [0.1, 0.15) is 0 Å². The van der Waals surface area contributed by atoms with Crippen molar-refractivity contribution in [2.75, 3.05) is 6.26 Å². The Morgan fingerprint density at radius 2 is 2.17 bits per heavy atom. The molecule has 0 heterocycles. The van der Waals surface area contributed by atoms with E-state index >= 15 is 0 Å². The molecule has 0 saturated carbocycles. The SMILES string of the molecule is CS[C@H](C)C(=O)NS(=O)(=O)c1cccc(C#N)c1. The molecule has 1 aromatic carbocycles. The molecule has 0 aliphatic rings. The van der Waals surface area contributed by atoms with E-state index < -0.39 is 21.2 Å². The van der Waals surface area contributed by atoms with E-state index in [1.54, 1.807) is 13.2 Å². The normalized spacial score (nSPS) is 12.5. The Balaban J connectivity index is 3.00. The van der Waals surface area contributed by atoms with Crippen LogP contribution in [0.1, 0.15) is 12.5 Å². The van der Waals surface area contributed by atoms with Gasteiger partial charge in [0.05, 0.1) is 21.8 Å². The first-order valence-corrected chi connectivity index (χ1v) is 7.77. The number of carbonyl (C=O) groups is 1. The molecular formula is C11H12N2O3S2. The lowest BCUT2D eigenvalue weighted by Crippen LogP contribution is -2.35. The molecule has 1 aromatic rings. The number of sulfonamides is 1.